The second kappa shape index (κ2) is 3.67. The lowest BCUT2D eigenvalue weighted by Crippen LogP contribution is -2.18. The predicted molar refractivity (Wildman–Crippen MR) is 79.6 cm³/mol. The Bertz CT molecular complexity index is 750. The van der Waals surface area contributed by atoms with E-state index >= 15 is 0 Å². The van der Waals surface area contributed by atoms with Crippen molar-refractivity contribution in [1.82, 2.24) is 0 Å². The molecule has 0 N–H and O–H groups in total. The van der Waals surface area contributed by atoms with Gasteiger partial charge in [0.05, 0.1) is 0 Å². The third-order valence-electron chi connectivity index (χ3n) is 4.32. The highest BCUT2D eigenvalue weighted by atomic mass is 15.0. The molecule has 0 amide bonds. The average molecular weight is 246 g/mol. The summed E-state index contributed by atoms with van der Waals surface area (Å²) in [4.78, 5) is 0. The van der Waals surface area contributed by atoms with E-state index in [9.17, 15) is 0 Å². The molecule has 1 aliphatic carbocycles. The fourth-order valence-electron chi connectivity index (χ4n) is 3.44. The summed E-state index contributed by atoms with van der Waals surface area (Å²) in [6.07, 6.45) is 4.46. The number of allylic oxidation sites excluding steroid dienone is 1. The molecule has 0 fully saturated rings. The quantitative estimate of drug-likeness (QED) is 0.622. The van der Waals surface area contributed by atoms with Crippen LogP contribution in [0.2, 0.25) is 0 Å². The van der Waals surface area contributed by atoms with E-state index in [-0.39, 0.29) is 0 Å². The molecule has 0 aromatic heterocycles. The number of nitrogens with zero attached hydrogens (tertiary/aromatic N) is 1. The summed E-state index contributed by atoms with van der Waals surface area (Å²) in [6, 6.07) is 15.8. The van der Waals surface area contributed by atoms with E-state index in [1.54, 1.807) is 0 Å². The SMILES string of the molecule is Cc1cccc2c1C1C(=CC=[N+]1C)c1ccccc1-2. The Kier molecular flexibility index (Phi) is 2.08. The zero-order chi connectivity index (χ0) is 13.0. The predicted octanol–water partition coefficient (Wildman–Crippen LogP) is 3.83. The molecule has 0 saturated heterocycles. The van der Waals surface area contributed by atoms with Crippen molar-refractivity contribution in [3.05, 3.63) is 65.2 Å². The van der Waals surface area contributed by atoms with Crippen LogP contribution in [0.4, 0.5) is 0 Å². The Morgan fingerprint density at radius 1 is 0.895 bits per heavy atom. The van der Waals surface area contributed by atoms with E-state index in [4.69, 9.17) is 0 Å². The lowest BCUT2D eigenvalue weighted by Gasteiger charge is -2.26. The van der Waals surface area contributed by atoms with Crippen molar-refractivity contribution in [3.8, 4) is 11.1 Å². The zero-order valence-corrected chi connectivity index (χ0v) is 11.2. The van der Waals surface area contributed by atoms with Crippen molar-refractivity contribution in [2.75, 3.05) is 7.05 Å². The highest BCUT2D eigenvalue weighted by molar-refractivity contribution is 5.97. The van der Waals surface area contributed by atoms with Gasteiger partial charge in [-0.15, -0.1) is 0 Å². The maximum Gasteiger partial charge on any atom is 0.204 e. The van der Waals surface area contributed by atoms with Crippen LogP contribution in [-0.4, -0.2) is 17.8 Å². The lowest BCUT2D eigenvalue weighted by atomic mass is 9.78. The van der Waals surface area contributed by atoms with Crippen LogP contribution in [0, 0.1) is 6.92 Å². The van der Waals surface area contributed by atoms with Crippen LogP contribution in [0.5, 0.6) is 0 Å². The maximum atomic E-state index is 2.32. The fraction of sp³-hybridized carbons (Fsp3) is 0.167. The zero-order valence-electron chi connectivity index (χ0n) is 11.2. The molecule has 1 heteroatoms. The monoisotopic (exact) mass is 246 g/mol. The third kappa shape index (κ3) is 1.33. The van der Waals surface area contributed by atoms with Gasteiger partial charge in [0.2, 0.25) is 6.04 Å². The summed E-state index contributed by atoms with van der Waals surface area (Å²) >= 11 is 0. The van der Waals surface area contributed by atoms with E-state index in [2.05, 4.69) is 73.3 Å². The van der Waals surface area contributed by atoms with Gasteiger partial charge in [-0.2, -0.15) is 0 Å². The molecule has 2 aromatic carbocycles. The maximum absolute atomic E-state index is 2.32. The van der Waals surface area contributed by atoms with Gasteiger partial charge in [-0.1, -0.05) is 42.5 Å². The van der Waals surface area contributed by atoms with Gasteiger partial charge in [-0.3, -0.25) is 0 Å². The number of benzene rings is 2. The molecule has 2 aliphatic rings. The Morgan fingerprint density at radius 3 is 2.47 bits per heavy atom. The molecule has 0 saturated carbocycles. The first-order chi connectivity index (χ1) is 9.27. The summed E-state index contributed by atoms with van der Waals surface area (Å²) < 4.78 is 2.32. The van der Waals surface area contributed by atoms with Crippen LogP contribution in [0.25, 0.3) is 16.7 Å². The van der Waals surface area contributed by atoms with Gasteiger partial charge in [-0.25, -0.2) is 4.58 Å². The van der Waals surface area contributed by atoms with Gasteiger partial charge in [-0.05, 0) is 29.2 Å². The van der Waals surface area contributed by atoms with E-state index in [0.29, 0.717) is 6.04 Å². The molecule has 4 rings (SSSR count). The number of aryl methyl sites for hydroxylation is 1. The van der Waals surface area contributed by atoms with Crippen LogP contribution in [-0.2, 0) is 0 Å². The molecule has 0 radical (unpaired) electrons. The summed E-state index contributed by atoms with van der Waals surface area (Å²) in [7, 11) is 2.16. The topological polar surface area (TPSA) is 3.01 Å². The molecule has 92 valence electrons. The lowest BCUT2D eigenvalue weighted by molar-refractivity contribution is -0.520. The second-order valence-electron chi connectivity index (χ2n) is 5.42. The Labute approximate surface area is 113 Å². The number of fused-ring (bicyclic) bond motifs is 6. The van der Waals surface area contributed by atoms with Gasteiger partial charge in [0.1, 0.15) is 7.05 Å². The Morgan fingerprint density at radius 2 is 1.63 bits per heavy atom. The van der Waals surface area contributed by atoms with Crippen molar-refractivity contribution in [2.45, 2.75) is 13.0 Å². The number of rotatable bonds is 0. The molecule has 1 nitrogen and oxygen atoms in total. The van der Waals surface area contributed by atoms with Gasteiger partial charge >= 0.3 is 0 Å². The normalized spacial score (nSPS) is 19.2. The number of hydrogen-bond donors (Lipinski definition) is 0. The van der Waals surface area contributed by atoms with Crippen LogP contribution in [0.15, 0.2) is 48.5 Å². The molecular formula is C18H16N+. The minimum Gasteiger partial charge on any atom is -0.227 e. The fourth-order valence-corrected chi connectivity index (χ4v) is 3.44. The first-order valence-corrected chi connectivity index (χ1v) is 6.73. The first-order valence-electron chi connectivity index (χ1n) is 6.73. The number of likely N-dealkylation sites (N-methyl/N-ethyl adjacent to an activating group) is 1. The summed E-state index contributed by atoms with van der Waals surface area (Å²) in [5.41, 5.74) is 8.41. The molecule has 0 bridgehead atoms. The molecule has 1 atom stereocenters. The number of hydrogen-bond acceptors (Lipinski definition) is 0. The largest absolute Gasteiger partial charge is 0.227 e. The van der Waals surface area contributed by atoms with Crippen LogP contribution >= 0.6 is 0 Å². The Balaban J connectivity index is 2.13. The second-order valence-corrected chi connectivity index (χ2v) is 5.42. The van der Waals surface area contributed by atoms with E-state index < -0.39 is 0 Å². The summed E-state index contributed by atoms with van der Waals surface area (Å²) in [5, 5.41) is 0. The van der Waals surface area contributed by atoms with Gasteiger partial charge < -0.3 is 0 Å². The molecule has 2 aromatic rings. The minimum absolute atomic E-state index is 0.381. The van der Waals surface area contributed by atoms with Gasteiger partial charge in [0.25, 0.3) is 0 Å². The van der Waals surface area contributed by atoms with E-state index in [1.807, 2.05) is 0 Å². The van der Waals surface area contributed by atoms with Gasteiger partial charge in [0, 0.05) is 17.2 Å². The highest BCUT2D eigenvalue weighted by Crippen LogP contribution is 2.48. The molecule has 1 aliphatic heterocycles. The molecular weight excluding hydrogens is 230 g/mol. The molecule has 19 heavy (non-hydrogen) atoms. The van der Waals surface area contributed by atoms with E-state index in [1.165, 1.54) is 33.4 Å². The molecule has 1 unspecified atom stereocenters. The minimum atomic E-state index is 0.381. The standard InChI is InChI=1S/C18H16N/c1-12-6-5-9-15-13-7-3-4-8-14(13)16-10-11-19(2)18(16)17(12)15/h3-11,18H,1-2H3/q+1. The van der Waals surface area contributed by atoms with Crippen molar-refractivity contribution >= 4 is 11.8 Å². The Hall–Kier alpha value is -2.15. The van der Waals surface area contributed by atoms with Crippen molar-refractivity contribution < 1.29 is 4.58 Å². The summed E-state index contributed by atoms with van der Waals surface area (Å²) in [5.74, 6) is 0. The van der Waals surface area contributed by atoms with Crippen LogP contribution in [0.1, 0.15) is 22.7 Å². The van der Waals surface area contributed by atoms with Crippen molar-refractivity contribution in [1.29, 1.82) is 0 Å². The molecule has 1 heterocycles. The first kappa shape index (κ1) is 10.7. The third-order valence-corrected chi connectivity index (χ3v) is 4.32. The smallest absolute Gasteiger partial charge is 0.204 e. The van der Waals surface area contributed by atoms with Crippen molar-refractivity contribution in [3.63, 3.8) is 0 Å². The van der Waals surface area contributed by atoms with E-state index in [0.717, 1.165) is 0 Å². The van der Waals surface area contributed by atoms with Gasteiger partial charge in [0.15, 0.2) is 6.21 Å². The van der Waals surface area contributed by atoms with Crippen molar-refractivity contribution in [2.24, 2.45) is 0 Å². The molecule has 0 spiro atoms. The van der Waals surface area contributed by atoms with Crippen LogP contribution < -0.4 is 0 Å². The highest BCUT2D eigenvalue weighted by Gasteiger charge is 2.38. The van der Waals surface area contributed by atoms with Crippen LogP contribution in [0.3, 0.4) is 0 Å². The average Bonchev–Trinajstić information content (AvgIpc) is 2.82. The summed E-state index contributed by atoms with van der Waals surface area (Å²) in [6.45, 7) is 2.22.